The molecule has 19 heavy (non-hydrogen) atoms. The molecule has 0 radical (unpaired) electrons. The third-order valence-corrected chi connectivity index (χ3v) is 3.66. The van der Waals surface area contributed by atoms with Gasteiger partial charge in [-0.2, -0.15) is 0 Å². The quantitative estimate of drug-likeness (QED) is 0.524. The van der Waals surface area contributed by atoms with Crippen LogP contribution in [0, 0.1) is 5.92 Å². The fourth-order valence-electron chi connectivity index (χ4n) is 2.66. The van der Waals surface area contributed by atoms with Gasteiger partial charge in [-0.05, 0) is 25.2 Å². The summed E-state index contributed by atoms with van der Waals surface area (Å²) in [5.41, 5.74) is 3.71. The number of aliphatic hydroxyl groups excluding tert-OH is 1. The summed E-state index contributed by atoms with van der Waals surface area (Å²) in [7, 11) is 2.03. The number of anilines is 2. The van der Waals surface area contributed by atoms with Crippen LogP contribution in [0.25, 0.3) is 0 Å². The van der Waals surface area contributed by atoms with Crippen LogP contribution < -0.4 is 16.2 Å². The molecule has 0 atom stereocenters. The van der Waals surface area contributed by atoms with E-state index in [1.165, 1.54) is 6.33 Å². The second kappa shape index (κ2) is 6.16. The number of nitrogens with two attached hydrogens (primary N) is 1. The molecule has 0 unspecified atom stereocenters. The summed E-state index contributed by atoms with van der Waals surface area (Å²) < 4.78 is 0. The van der Waals surface area contributed by atoms with Crippen LogP contribution in [0.5, 0.6) is 0 Å². The molecule has 1 aromatic heterocycles. The SMILES string of the molecule is CCCc1c(NN)ncnc1N(C)CC1CC(O)C1. The van der Waals surface area contributed by atoms with Gasteiger partial charge in [-0.15, -0.1) is 0 Å². The van der Waals surface area contributed by atoms with Crippen LogP contribution >= 0.6 is 0 Å². The van der Waals surface area contributed by atoms with E-state index in [4.69, 9.17) is 5.84 Å². The molecule has 1 fully saturated rings. The summed E-state index contributed by atoms with van der Waals surface area (Å²) in [6, 6.07) is 0. The molecule has 6 nitrogen and oxygen atoms in total. The van der Waals surface area contributed by atoms with Gasteiger partial charge in [-0.3, -0.25) is 0 Å². The molecule has 1 aliphatic carbocycles. The van der Waals surface area contributed by atoms with Gasteiger partial charge < -0.3 is 15.4 Å². The van der Waals surface area contributed by atoms with E-state index in [1.54, 1.807) is 0 Å². The number of hydrazine groups is 1. The van der Waals surface area contributed by atoms with Crippen molar-refractivity contribution in [1.82, 2.24) is 9.97 Å². The second-order valence-electron chi connectivity index (χ2n) is 5.29. The van der Waals surface area contributed by atoms with Crippen LogP contribution in [-0.4, -0.2) is 34.8 Å². The van der Waals surface area contributed by atoms with Gasteiger partial charge >= 0.3 is 0 Å². The molecule has 1 saturated carbocycles. The zero-order valence-corrected chi connectivity index (χ0v) is 11.6. The minimum atomic E-state index is -0.111. The third-order valence-electron chi connectivity index (χ3n) is 3.66. The van der Waals surface area contributed by atoms with Crippen LogP contribution in [-0.2, 0) is 6.42 Å². The smallest absolute Gasteiger partial charge is 0.148 e. The Morgan fingerprint density at radius 1 is 1.47 bits per heavy atom. The van der Waals surface area contributed by atoms with E-state index in [0.29, 0.717) is 11.7 Å². The summed E-state index contributed by atoms with van der Waals surface area (Å²) >= 11 is 0. The number of hydrogen-bond donors (Lipinski definition) is 3. The number of hydrogen-bond acceptors (Lipinski definition) is 6. The van der Waals surface area contributed by atoms with Crippen molar-refractivity contribution in [2.45, 2.75) is 38.7 Å². The minimum absolute atomic E-state index is 0.111. The Labute approximate surface area is 114 Å². The summed E-state index contributed by atoms with van der Waals surface area (Å²) in [5.74, 6) is 7.71. The van der Waals surface area contributed by atoms with Crippen molar-refractivity contribution in [3.8, 4) is 0 Å². The maximum absolute atomic E-state index is 9.35. The van der Waals surface area contributed by atoms with Gasteiger partial charge in [-0.25, -0.2) is 15.8 Å². The molecule has 0 amide bonds. The molecule has 2 rings (SSSR count). The van der Waals surface area contributed by atoms with Crippen molar-refractivity contribution < 1.29 is 5.11 Å². The van der Waals surface area contributed by atoms with Crippen molar-refractivity contribution in [1.29, 1.82) is 0 Å². The first-order valence-electron chi connectivity index (χ1n) is 6.85. The standard InChI is InChI=1S/C13H23N5O/c1-3-4-11-12(17-14)15-8-16-13(11)18(2)7-9-5-10(19)6-9/h8-10,19H,3-7,14H2,1-2H3,(H,15,16,17). The molecule has 1 aliphatic rings. The van der Waals surface area contributed by atoms with E-state index in [9.17, 15) is 5.11 Å². The molecule has 1 heterocycles. The van der Waals surface area contributed by atoms with Crippen LogP contribution in [0.15, 0.2) is 6.33 Å². The summed E-state index contributed by atoms with van der Waals surface area (Å²) in [6.45, 7) is 3.04. The molecule has 1 aromatic rings. The van der Waals surface area contributed by atoms with Gasteiger partial charge in [0.25, 0.3) is 0 Å². The van der Waals surface area contributed by atoms with Crippen LogP contribution in [0.3, 0.4) is 0 Å². The Balaban J connectivity index is 2.12. The zero-order chi connectivity index (χ0) is 13.8. The van der Waals surface area contributed by atoms with Crippen molar-refractivity contribution >= 4 is 11.6 Å². The van der Waals surface area contributed by atoms with Gasteiger partial charge in [-0.1, -0.05) is 13.3 Å². The molecule has 0 saturated heterocycles. The van der Waals surface area contributed by atoms with Crippen molar-refractivity contribution in [2.75, 3.05) is 23.9 Å². The minimum Gasteiger partial charge on any atom is -0.393 e. The topological polar surface area (TPSA) is 87.3 Å². The number of aromatic nitrogens is 2. The maximum Gasteiger partial charge on any atom is 0.148 e. The highest BCUT2D eigenvalue weighted by Gasteiger charge is 2.28. The van der Waals surface area contributed by atoms with Crippen molar-refractivity contribution in [3.63, 3.8) is 0 Å². The van der Waals surface area contributed by atoms with Gasteiger partial charge in [0.1, 0.15) is 18.0 Å². The van der Waals surface area contributed by atoms with Gasteiger partial charge in [0.15, 0.2) is 0 Å². The summed E-state index contributed by atoms with van der Waals surface area (Å²) in [6.07, 6.45) is 5.12. The van der Waals surface area contributed by atoms with E-state index < -0.39 is 0 Å². The van der Waals surface area contributed by atoms with E-state index in [0.717, 1.165) is 43.6 Å². The first-order valence-corrected chi connectivity index (χ1v) is 6.85. The molecular weight excluding hydrogens is 242 g/mol. The Morgan fingerprint density at radius 2 is 2.21 bits per heavy atom. The number of aliphatic hydroxyl groups is 1. The predicted molar refractivity (Wildman–Crippen MR) is 75.8 cm³/mol. The normalized spacial score (nSPS) is 21.9. The molecule has 0 spiro atoms. The zero-order valence-electron chi connectivity index (χ0n) is 11.6. The van der Waals surface area contributed by atoms with E-state index in [-0.39, 0.29) is 6.10 Å². The van der Waals surface area contributed by atoms with Crippen LogP contribution in [0.1, 0.15) is 31.7 Å². The van der Waals surface area contributed by atoms with Crippen LogP contribution in [0.4, 0.5) is 11.6 Å². The number of nitrogen functional groups attached to an aromatic ring is 1. The lowest BCUT2D eigenvalue weighted by molar-refractivity contribution is 0.0464. The average Bonchev–Trinajstić information content (AvgIpc) is 2.37. The van der Waals surface area contributed by atoms with Crippen molar-refractivity contribution in [3.05, 3.63) is 11.9 Å². The first-order chi connectivity index (χ1) is 9.15. The Hall–Kier alpha value is -1.40. The molecule has 106 valence electrons. The van der Waals surface area contributed by atoms with E-state index in [1.807, 2.05) is 7.05 Å². The lowest BCUT2D eigenvalue weighted by atomic mass is 9.82. The number of nitrogens with zero attached hydrogens (tertiary/aromatic N) is 3. The van der Waals surface area contributed by atoms with E-state index >= 15 is 0 Å². The molecule has 0 aromatic carbocycles. The fourth-order valence-corrected chi connectivity index (χ4v) is 2.66. The second-order valence-corrected chi connectivity index (χ2v) is 5.29. The monoisotopic (exact) mass is 265 g/mol. The molecular formula is C13H23N5O. The van der Waals surface area contributed by atoms with Crippen molar-refractivity contribution in [2.24, 2.45) is 11.8 Å². The largest absolute Gasteiger partial charge is 0.393 e. The predicted octanol–water partition coefficient (Wildman–Crippen LogP) is 0.922. The highest BCUT2D eigenvalue weighted by molar-refractivity contribution is 5.58. The maximum atomic E-state index is 9.35. The van der Waals surface area contributed by atoms with Gasteiger partial charge in [0.05, 0.1) is 6.10 Å². The Bertz CT molecular complexity index is 419. The highest BCUT2D eigenvalue weighted by atomic mass is 16.3. The fraction of sp³-hybridized carbons (Fsp3) is 0.692. The highest BCUT2D eigenvalue weighted by Crippen LogP contribution is 2.30. The lowest BCUT2D eigenvalue weighted by Crippen LogP contribution is -2.37. The summed E-state index contributed by atoms with van der Waals surface area (Å²) in [4.78, 5) is 10.7. The molecule has 0 bridgehead atoms. The first kappa shape index (κ1) is 14.0. The summed E-state index contributed by atoms with van der Waals surface area (Å²) in [5, 5.41) is 9.35. The number of rotatable bonds is 6. The van der Waals surface area contributed by atoms with Crippen LogP contribution in [0.2, 0.25) is 0 Å². The third kappa shape index (κ3) is 3.13. The lowest BCUT2D eigenvalue weighted by Gasteiger charge is -2.35. The molecule has 0 aliphatic heterocycles. The average molecular weight is 265 g/mol. The van der Waals surface area contributed by atoms with E-state index in [2.05, 4.69) is 27.2 Å². The Morgan fingerprint density at radius 3 is 2.79 bits per heavy atom. The van der Waals surface area contributed by atoms with Gasteiger partial charge in [0, 0.05) is 19.2 Å². The number of nitrogens with one attached hydrogen (secondary N) is 1. The van der Waals surface area contributed by atoms with Gasteiger partial charge in [0.2, 0.25) is 0 Å². The Kier molecular flexibility index (Phi) is 4.55. The molecule has 4 N–H and O–H groups in total. The molecule has 6 heteroatoms.